The lowest BCUT2D eigenvalue weighted by Crippen LogP contribution is -2.48. The lowest BCUT2D eigenvalue weighted by atomic mass is 10.1. The van der Waals surface area contributed by atoms with Gasteiger partial charge in [-0.1, -0.05) is 41.4 Å². The molecule has 0 aromatic heterocycles. The summed E-state index contributed by atoms with van der Waals surface area (Å²) in [6.07, 6.45) is 0. The zero-order valence-corrected chi connectivity index (χ0v) is 15.4. The second-order valence-electron chi connectivity index (χ2n) is 6.11. The molecule has 1 heterocycles. The van der Waals surface area contributed by atoms with Gasteiger partial charge >= 0.3 is 0 Å². The van der Waals surface area contributed by atoms with Crippen molar-refractivity contribution in [3.05, 3.63) is 73.8 Å². The molecule has 1 amide bonds. The van der Waals surface area contributed by atoms with Crippen molar-refractivity contribution >= 4 is 34.8 Å². The van der Waals surface area contributed by atoms with E-state index in [2.05, 4.69) is 4.90 Å². The fraction of sp³-hybridized carbons (Fsp3) is 0.278. The minimum atomic E-state index is -0.363. The summed E-state index contributed by atoms with van der Waals surface area (Å²) in [6.45, 7) is 2.87. The van der Waals surface area contributed by atoms with Gasteiger partial charge in [-0.15, -0.1) is 0 Å². The molecule has 6 nitrogen and oxygen atoms in total. The normalized spacial score (nSPS) is 15.1. The number of rotatable bonds is 4. The maximum atomic E-state index is 12.6. The van der Waals surface area contributed by atoms with E-state index in [9.17, 15) is 14.9 Å². The molecule has 0 aliphatic carbocycles. The molecule has 0 atom stereocenters. The number of piperazine rings is 1. The number of carbonyl (C=O) groups is 1. The minimum absolute atomic E-state index is 0.111. The van der Waals surface area contributed by atoms with Crippen molar-refractivity contribution in [1.29, 1.82) is 0 Å². The summed E-state index contributed by atoms with van der Waals surface area (Å²) in [4.78, 5) is 27.2. The molecule has 2 aromatic rings. The molecule has 0 radical (unpaired) electrons. The fourth-order valence-electron chi connectivity index (χ4n) is 3.03. The Balaban J connectivity index is 1.63. The van der Waals surface area contributed by atoms with Crippen molar-refractivity contribution in [2.75, 3.05) is 26.2 Å². The van der Waals surface area contributed by atoms with E-state index in [1.54, 1.807) is 41.3 Å². The average molecular weight is 394 g/mol. The van der Waals surface area contributed by atoms with Gasteiger partial charge in [0.1, 0.15) is 0 Å². The summed E-state index contributed by atoms with van der Waals surface area (Å²) in [6, 6.07) is 11.5. The summed E-state index contributed by atoms with van der Waals surface area (Å²) >= 11 is 11.9. The van der Waals surface area contributed by atoms with Crippen molar-refractivity contribution in [1.82, 2.24) is 9.80 Å². The number of carbonyl (C=O) groups excluding carboxylic acids is 1. The molecule has 1 aliphatic rings. The molecule has 3 rings (SSSR count). The predicted molar refractivity (Wildman–Crippen MR) is 101 cm³/mol. The van der Waals surface area contributed by atoms with Crippen LogP contribution in [0.3, 0.4) is 0 Å². The number of nitro benzene ring substituents is 1. The van der Waals surface area contributed by atoms with E-state index < -0.39 is 0 Å². The van der Waals surface area contributed by atoms with Crippen LogP contribution in [0.15, 0.2) is 42.5 Å². The smallest absolute Gasteiger partial charge is 0.273 e. The highest BCUT2D eigenvalue weighted by molar-refractivity contribution is 6.35. The van der Waals surface area contributed by atoms with Crippen LogP contribution in [-0.4, -0.2) is 46.8 Å². The Labute approximate surface area is 161 Å². The van der Waals surface area contributed by atoms with E-state index in [0.717, 1.165) is 0 Å². The summed E-state index contributed by atoms with van der Waals surface area (Å²) in [5.74, 6) is -0.111. The van der Waals surface area contributed by atoms with Crippen LogP contribution in [0, 0.1) is 10.1 Å². The zero-order chi connectivity index (χ0) is 18.7. The molecule has 0 bridgehead atoms. The van der Waals surface area contributed by atoms with Gasteiger partial charge < -0.3 is 4.90 Å². The predicted octanol–water partition coefficient (Wildman–Crippen LogP) is 3.86. The van der Waals surface area contributed by atoms with Gasteiger partial charge in [-0.25, -0.2) is 0 Å². The Morgan fingerprint density at radius 2 is 1.65 bits per heavy atom. The van der Waals surface area contributed by atoms with Crippen LogP contribution in [0.2, 0.25) is 10.0 Å². The van der Waals surface area contributed by atoms with Gasteiger partial charge in [-0.3, -0.25) is 19.8 Å². The molecule has 1 fully saturated rings. The van der Waals surface area contributed by atoms with Gasteiger partial charge in [0.15, 0.2) is 0 Å². The molecule has 1 saturated heterocycles. The van der Waals surface area contributed by atoms with Crippen LogP contribution in [0.5, 0.6) is 0 Å². The Hall–Kier alpha value is -2.15. The topological polar surface area (TPSA) is 66.7 Å². The number of benzene rings is 2. The van der Waals surface area contributed by atoms with Gasteiger partial charge in [-0.2, -0.15) is 0 Å². The Morgan fingerprint density at radius 3 is 2.27 bits per heavy atom. The molecule has 0 saturated carbocycles. The first-order valence-corrected chi connectivity index (χ1v) is 8.89. The molecule has 26 heavy (non-hydrogen) atoms. The molecule has 0 spiro atoms. The number of hydrogen-bond donors (Lipinski definition) is 0. The van der Waals surface area contributed by atoms with Crippen LogP contribution >= 0.6 is 23.2 Å². The van der Waals surface area contributed by atoms with E-state index in [1.165, 1.54) is 6.07 Å². The number of nitro groups is 1. The van der Waals surface area contributed by atoms with Crippen molar-refractivity contribution < 1.29 is 9.72 Å². The van der Waals surface area contributed by atoms with Crippen LogP contribution in [-0.2, 0) is 6.54 Å². The first-order chi connectivity index (χ1) is 12.4. The van der Waals surface area contributed by atoms with E-state index in [0.29, 0.717) is 53.9 Å². The lowest BCUT2D eigenvalue weighted by molar-refractivity contribution is -0.385. The maximum Gasteiger partial charge on any atom is 0.273 e. The number of halogens is 2. The SMILES string of the molecule is O=C(c1cc(Cl)cc(Cl)c1)N1CCN(Cc2ccccc2[N+](=O)[O-])CC1. The van der Waals surface area contributed by atoms with E-state index >= 15 is 0 Å². The first-order valence-electron chi connectivity index (χ1n) is 8.14. The highest BCUT2D eigenvalue weighted by Crippen LogP contribution is 2.22. The highest BCUT2D eigenvalue weighted by atomic mass is 35.5. The molecular formula is C18H17Cl2N3O3. The zero-order valence-electron chi connectivity index (χ0n) is 13.9. The van der Waals surface area contributed by atoms with Crippen LogP contribution in [0.4, 0.5) is 5.69 Å². The van der Waals surface area contributed by atoms with Gasteiger partial charge in [-0.05, 0) is 18.2 Å². The number of amides is 1. The molecule has 0 N–H and O–H groups in total. The largest absolute Gasteiger partial charge is 0.336 e. The van der Waals surface area contributed by atoms with Gasteiger partial charge in [0.2, 0.25) is 0 Å². The van der Waals surface area contributed by atoms with Crippen LogP contribution in [0.25, 0.3) is 0 Å². The third-order valence-electron chi connectivity index (χ3n) is 4.35. The Kier molecular flexibility index (Phi) is 5.76. The summed E-state index contributed by atoms with van der Waals surface area (Å²) in [5.41, 5.74) is 1.27. The van der Waals surface area contributed by atoms with E-state index in [-0.39, 0.29) is 16.5 Å². The van der Waals surface area contributed by atoms with Gasteiger partial charge in [0.25, 0.3) is 11.6 Å². The first kappa shape index (κ1) is 18.6. The third kappa shape index (κ3) is 4.33. The highest BCUT2D eigenvalue weighted by Gasteiger charge is 2.24. The van der Waals surface area contributed by atoms with Crippen molar-refractivity contribution in [3.63, 3.8) is 0 Å². The molecular weight excluding hydrogens is 377 g/mol. The number of hydrogen-bond acceptors (Lipinski definition) is 4. The molecule has 2 aromatic carbocycles. The Morgan fingerprint density at radius 1 is 1.04 bits per heavy atom. The fourth-order valence-corrected chi connectivity index (χ4v) is 3.56. The van der Waals surface area contributed by atoms with Crippen molar-refractivity contribution in [2.45, 2.75) is 6.54 Å². The number of para-hydroxylation sites is 1. The van der Waals surface area contributed by atoms with E-state index in [4.69, 9.17) is 23.2 Å². The van der Waals surface area contributed by atoms with Crippen LogP contribution < -0.4 is 0 Å². The van der Waals surface area contributed by atoms with E-state index in [1.807, 2.05) is 0 Å². The number of nitrogens with zero attached hydrogens (tertiary/aromatic N) is 3. The second kappa shape index (κ2) is 8.03. The van der Waals surface area contributed by atoms with Gasteiger partial charge in [0, 0.05) is 60.0 Å². The average Bonchev–Trinajstić information content (AvgIpc) is 2.61. The molecule has 0 unspecified atom stereocenters. The summed E-state index contributed by atoms with van der Waals surface area (Å²) in [7, 11) is 0. The minimum Gasteiger partial charge on any atom is -0.336 e. The van der Waals surface area contributed by atoms with Crippen molar-refractivity contribution in [2.24, 2.45) is 0 Å². The monoisotopic (exact) mass is 393 g/mol. The third-order valence-corrected chi connectivity index (χ3v) is 4.79. The van der Waals surface area contributed by atoms with Crippen molar-refractivity contribution in [3.8, 4) is 0 Å². The standard InChI is InChI=1S/C18H17Cl2N3O3/c19-15-9-14(10-16(20)11-15)18(24)22-7-5-21(6-8-22)12-13-3-1-2-4-17(13)23(25)26/h1-4,9-11H,5-8,12H2. The van der Waals surface area contributed by atoms with Crippen LogP contribution in [0.1, 0.15) is 15.9 Å². The molecule has 136 valence electrons. The quantitative estimate of drug-likeness (QED) is 0.584. The lowest BCUT2D eigenvalue weighted by Gasteiger charge is -2.34. The summed E-state index contributed by atoms with van der Waals surface area (Å²) < 4.78 is 0. The maximum absolute atomic E-state index is 12.6. The second-order valence-corrected chi connectivity index (χ2v) is 6.99. The molecule has 8 heteroatoms. The van der Waals surface area contributed by atoms with Gasteiger partial charge in [0.05, 0.1) is 4.92 Å². The Bertz CT molecular complexity index is 816. The summed E-state index contributed by atoms with van der Waals surface area (Å²) in [5, 5.41) is 12.0. The molecule has 1 aliphatic heterocycles.